The van der Waals surface area contributed by atoms with E-state index >= 15 is 0 Å². The van der Waals surface area contributed by atoms with Crippen molar-refractivity contribution in [3.8, 4) is 0 Å². The number of nitrogens with one attached hydrogen (secondary N) is 2. The Morgan fingerprint density at radius 3 is 2.35 bits per heavy atom. The summed E-state index contributed by atoms with van der Waals surface area (Å²) >= 11 is 0. The number of carboxylic acid groups (broad SMARTS) is 1. The number of nitrogens with zero attached hydrogens (tertiary/aromatic N) is 2. The van der Waals surface area contributed by atoms with Gasteiger partial charge in [0.1, 0.15) is 0 Å². The van der Waals surface area contributed by atoms with Gasteiger partial charge in [0.15, 0.2) is 0 Å². The lowest BCUT2D eigenvalue weighted by molar-refractivity contribution is -0.146. The van der Waals surface area contributed by atoms with E-state index in [2.05, 4.69) is 15.7 Å². The predicted octanol–water partition coefficient (Wildman–Crippen LogP) is 0.947. The molecule has 0 saturated heterocycles. The molecule has 1 aromatic heterocycles. The molecule has 0 aliphatic heterocycles. The number of carbonyl (C=O) groups is 2. The first-order valence-corrected chi connectivity index (χ1v) is 6.39. The van der Waals surface area contributed by atoms with E-state index in [1.54, 1.807) is 18.5 Å². The first-order chi connectivity index (χ1) is 9.15. The molecular formula is C13H22N4O3. The van der Waals surface area contributed by atoms with Crippen molar-refractivity contribution in [3.63, 3.8) is 0 Å². The van der Waals surface area contributed by atoms with Gasteiger partial charge in [-0.05, 0) is 27.7 Å². The first-order valence-electron chi connectivity index (χ1n) is 6.39. The van der Waals surface area contributed by atoms with E-state index in [0.29, 0.717) is 6.54 Å². The number of carbonyl (C=O) groups excluding carboxylic acids is 1. The minimum absolute atomic E-state index is 0.0686. The van der Waals surface area contributed by atoms with Crippen molar-refractivity contribution in [2.45, 2.75) is 34.2 Å². The normalized spacial score (nSPS) is 11.2. The Bertz CT molecular complexity index is 520. The quantitative estimate of drug-likeness (QED) is 0.749. The van der Waals surface area contributed by atoms with E-state index in [1.807, 2.05) is 20.9 Å². The highest BCUT2D eigenvalue weighted by atomic mass is 16.4. The Balaban J connectivity index is 2.50. The van der Waals surface area contributed by atoms with Gasteiger partial charge < -0.3 is 15.7 Å². The van der Waals surface area contributed by atoms with E-state index in [4.69, 9.17) is 5.11 Å². The van der Waals surface area contributed by atoms with Gasteiger partial charge in [0.05, 0.1) is 11.1 Å². The highest BCUT2D eigenvalue weighted by Gasteiger charge is 2.27. The maximum Gasteiger partial charge on any atom is 0.315 e. The second-order valence-electron chi connectivity index (χ2n) is 5.50. The van der Waals surface area contributed by atoms with Crippen molar-refractivity contribution in [1.82, 2.24) is 20.4 Å². The zero-order chi connectivity index (χ0) is 15.5. The number of carboxylic acids is 1. The lowest BCUT2D eigenvalue weighted by Gasteiger charge is -2.19. The minimum Gasteiger partial charge on any atom is -0.481 e. The fourth-order valence-electron chi connectivity index (χ4n) is 1.68. The summed E-state index contributed by atoms with van der Waals surface area (Å²) in [6, 6.07) is -0.387. The summed E-state index contributed by atoms with van der Waals surface area (Å²) in [6.07, 6.45) is 0. The molecule has 0 aliphatic rings. The van der Waals surface area contributed by atoms with Gasteiger partial charge in [-0.15, -0.1) is 0 Å². The molecule has 0 atom stereocenters. The molecule has 0 bridgehead atoms. The summed E-state index contributed by atoms with van der Waals surface area (Å²) in [5, 5.41) is 18.5. The number of aliphatic carboxylic acids is 1. The summed E-state index contributed by atoms with van der Waals surface area (Å²) in [7, 11) is 1.85. The summed E-state index contributed by atoms with van der Waals surface area (Å²) < 4.78 is 1.76. The molecule has 112 valence electrons. The number of aromatic nitrogens is 2. The average molecular weight is 282 g/mol. The molecule has 1 aromatic rings. The Morgan fingerprint density at radius 2 is 1.90 bits per heavy atom. The number of rotatable bonds is 5. The van der Waals surface area contributed by atoms with Crippen molar-refractivity contribution in [3.05, 3.63) is 17.0 Å². The van der Waals surface area contributed by atoms with E-state index < -0.39 is 11.4 Å². The lowest BCUT2D eigenvalue weighted by Crippen LogP contribution is -2.43. The molecule has 7 heteroatoms. The molecule has 0 saturated carbocycles. The van der Waals surface area contributed by atoms with Gasteiger partial charge in [-0.3, -0.25) is 9.48 Å². The van der Waals surface area contributed by atoms with Crippen LogP contribution in [0.2, 0.25) is 0 Å². The third-order valence-corrected chi connectivity index (χ3v) is 3.35. The predicted molar refractivity (Wildman–Crippen MR) is 74.3 cm³/mol. The maximum atomic E-state index is 11.7. The molecular weight excluding hydrogens is 260 g/mol. The third-order valence-electron chi connectivity index (χ3n) is 3.35. The van der Waals surface area contributed by atoms with Crippen molar-refractivity contribution >= 4 is 12.0 Å². The van der Waals surface area contributed by atoms with Crippen LogP contribution in [0.15, 0.2) is 0 Å². The number of hydrogen-bond acceptors (Lipinski definition) is 3. The van der Waals surface area contributed by atoms with Crippen molar-refractivity contribution in [2.24, 2.45) is 12.5 Å². The maximum absolute atomic E-state index is 11.7. The zero-order valence-electron chi connectivity index (χ0n) is 12.6. The molecule has 20 heavy (non-hydrogen) atoms. The molecule has 0 aliphatic carbocycles. The zero-order valence-corrected chi connectivity index (χ0v) is 12.6. The Kier molecular flexibility index (Phi) is 4.75. The van der Waals surface area contributed by atoms with E-state index in [0.717, 1.165) is 17.0 Å². The van der Waals surface area contributed by atoms with Gasteiger partial charge in [0.25, 0.3) is 0 Å². The Morgan fingerprint density at radius 1 is 1.30 bits per heavy atom. The molecule has 0 fully saturated rings. The van der Waals surface area contributed by atoms with Gasteiger partial charge in [-0.2, -0.15) is 5.10 Å². The van der Waals surface area contributed by atoms with Crippen LogP contribution in [0.4, 0.5) is 4.79 Å². The van der Waals surface area contributed by atoms with Crippen LogP contribution >= 0.6 is 0 Å². The molecule has 0 aromatic carbocycles. The van der Waals surface area contributed by atoms with Gasteiger partial charge >= 0.3 is 12.0 Å². The molecule has 3 N–H and O–H groups in total. The summed E-state index contributed by atoms with van der Waals surface area (Å²) in [5.74, 6) is -0.947. The number of urea groups is 1. The SMILES string of the molecule is Cc1nn(C)c(C)c1CNC(=O)NCC(C)(C)C(=O)O. The number of hydrogen-bond donors (Lipinski definition) is 3. The van der Waals surface area contributed by atoms with Crippen LogP contribution in [0.25, 0.3) is 0 Å². The Labute approximate surface area is 118 Å². The van der Waals surface area contributed by atoms with Crippen LogP contribution < -0.4 is 10.6 Å². The highest BCUT2D eigenvalue weighted by Crippen LogP contribution is 2.13. The lowest BCUT2D eigenvalue weighted by atomic mass is 9.94. The number of amides is 2. The molecule has 7 nitrogen and oxygen atoms in total. The van der Waals surface area contributed by atoms with Crippen LogP contribution in [0, 0.1) is 19.3 Å². The monoisotopic (exact) mass is 282 g/mol. The van der Waals surface area contributed by atoms with E-state index in [1.165, 1.54) is 0 Å². The average Bonchev–Trinajstić information content (AvgIpc) is 2.59. The molecule has 0 radical (unpaired) electrons. The second kappa shape index (κ2) is 5.94. The molecule has 1 rings (SSSR count). The van der Waals surface area contributed by atoms with Gasteiger partial charge in [0.2, 0.25) is 0 Å². The van der Waals surface area contributed by atoms with Crippen molar-refractivity contribution in [1.29, 1.82) is 0 Å². The standard InChI is InChI=1S/C13H22N4O3/c1-8-10(9(2)17(5)16-8)6-14-12(20)15-7-13(3,4)11(18)19/h6-7H2,1-5H3,(H,18,19)(H2,14,15,20). The van der Waals surface area contributed by atoms with Crippen molar-refractivity contribution in [2.75, 3.05) is 6.54 Å². The summed E-state index contributed by atoms with van der Waals surface area (Å²) in [6.45, 7) is 7.37. The van der Waals surface area contributed by atoms with Crippen LogP contribution in [-0.2, 0) is 18.4 Å². The topological polar surface area (TPSA) is 96.3 Å². The molecule has 2 amide bonds. The second-order valence-corrected chi connectivity index (χ2v) is 5.50. The third kappa shape index (κ3) is 3.72. The van der Waals surface area contributed by atoms with Crippen molar-refractivity contribution < 1.29 is 14.7 Å². The van der Waals surface area contributed by atoms with Gasteiger partial charge in [-0.25, -0.2) is 4.79 Å². The number of aryl methyl sites for hydroxylation is 2. The molecule has 0 spiro atoms. The first kappa shape index (κ1) is 16.0. The summed E-state index contributed by atoms with van der Waals surface area (Å²) in [5.41, 5.74) is 1.85. The largest absolute Gasteiger partial charge is 0.481 e. The Hall–Kier alpha value is -2.05. The minimum atomic E-state index is -0.989. The van der Waals surface area contributed by atoms with Gasteiger partial charge in [-0.1, -0.05) is 0 Å². The van der Waals surface area contributed by atoms with Crippen LogP contribution in [0.5, 0.6) is 0 Å². The smallest absolute Gasteiger partial charge is 0.315 e. The highest BCUT2D eigenvalue weighted by molar-refractivity contribution is 5.77. The van der Waals surface area contributed by atoms with Crippen LogP contribution in [0.3, 0.4) is 0 Å². The summed E-state index contributed by atoms with van der Waals surface area (Å²) in [4.78, 5) is 22.6. The fraction of sp³-hybridized carbons (Fsp3) is 0.615. The van der Waals surface area contributed by atoms with E-state index in [9.17, 15) is 9.59 Å². The molecule has 0 unspecified atom stereocenters. The fourth-order valence-corrected chi connectivity index (χ4v) is 1.68. The van der Waals surface area contributed by atoms with Crippen LogP contribution in [-0.4, -0.2) is 33.4 Å². The molecule has 1 heterocycles. The van der Waals surface area contributed by atoms with Crippen LogP contribution in [0.1, 0.15) is 30.8 Å². The van der Waals surface area contributed by atoms with Gasteiger partial charge in [0, 0.05) is 31.4 Å². The van der Waals surface area contributed by atoms with E-state index in [-0.39, 0.29) is 12.6 Å².